The Morgan fingerprint density at radius 3 is 2.77 bits per heavy atom. The first-order valence-electron chi connectivity index (χ1n) is 7.66. The van der Waals surface area contributed by atoms with Crippen molar-refractivity contribution in [1.82, 2.24) is 4.98 Å². The standard InChI is InChI=1S/C18H20N2O2/c1-22-18(21)15-10-7-12-19-17(15)20-13-6-5-11-16(20)14-8-3-2-4-9-14/h2-4,7-10,12,16H,5-6,11,13H2,1H3. The van der Waals surface area contributed by atoms with Gasteiger partial charge in [0.25, 0.3) is 0 Å². The van der Waals surface area contributed by atoms with E-state index < -0.39 is 0 Å². The van der Waals surface area contributed by atoms with E-state index in [1.165, 1.54) is 19.1 Å². The second-order valence-corrected chi connectivity index (χ2v) is 5.48. The molecule has 0 aliphatic carbocycles. The molecule has 22 heavy (non-hydrogen) atoms. The molecule has 1 saturated heterocycles. The van der Waals surface area contributed by atoms with Gasteiger partial charge in [0, 0.05) is 12.7 Å². The molecule has 0 saturated carbocycles. The van der Waals surface area contributed by atoms with Crippen LogP contribution in [0.15, 0.2) is 48.7 Å². The molecule has 2 heterocycles. The van der Waals surface area contributed by atoms with Gasteiger partial charge in [-0.1, -0.05) is 30.3 Å². The normalized spacial score (nSPS) is 18.0. The van der Waals surface area contributed by atoms with Crippen LogP contribution in [0.1, 0.15) is 41.2 Å². The van der Waals surface area contributed by atoms with Crippen LogP contribution < -0.4 is 4.90 Å². The first kappa shape index (κ1) is 14.6. The average molecular weight is 296 g/mol. The Morgan fingerprint density at radius 1 is 1.18 bits per heavy atom. The Kier molecular flexibility index (Phi) is 4.37. The number of anilines is 1. The second-order valence-electron chi connectivity index (χ2n) is 5.48. The number of pyridine rings is 1. The fourth-order valence-corrected chi connectivity index (χ4v) is 3.10. The first-order chi connectivity index (χ1) is 10.8. The molecule has 0 radical (unpaired) electrons. The number of carbonyl (C=O) groups is 1. The Bertz CT molecular complexity index is 643. The van der Waals surface area contributed by atoms with Gasteiger partial charge in [0.05, 0.1) is 13.2 Å². The molecule has 1 aliphatic rings. The highest BCUT2D eigenvalue weighted by Gasteiger charge is 2.28. The number of methoxy groups -OCH3 is 1. The third-order valence-electron chi connectivity index (χ3n) is 4.15. The Morgan fingerprint density at radius 2 is 2.00 bits per heavy atom. The van der Waals surface area contributed by atoms with Gasteiger partial charge >= 0.3 is 5.97 Å². The van der Waals surface area contributed by atoms with Crippen molar-refractivity contribution in [2.24, 2.45) is 0 Å². The SMILES string of the molecule is COC(=O)c1cccnc1N1CCCCC1c1ccccc1. The van der Waals surface area contributed by atoms with Crippen LogP contribution in [0.25, 0.3) is 0 Å². The van der Waals surface area contributed by atoms with E-state index in [0.29, 0.717) is 5.56 Å². The van der Waals surface area contributed by atoms with Gasteiger partial charge in [-0.2, -0.15) is 0 Å². The Balaban J connectivity index is 2.00. The summed E-state index contributed by atoms with van der Waals surface area (Å²) in [4.78, 5) is 18.7. The lowest BCUT2D eigenvalue weighted by Crippen LogP contribution is -2.35. The lowest BCUT2D eigenvalue weighted by Gasteiger charge is -2.37. The van der Waals surface area contributed by atoms with E-state index in [4.69, 9.17) is 4.74 Å². The van der Waals surface area contributed by atoms with Crippen LogP contribution in [0.3, 0.4) is 0 Å². The van der Waals surface area contributed by atoms with Crippen LogP contribution in [0.4, 0.5) is 5.82 Å². The number of nitrogens with zero attached hydrogens (tertiary/aromatic N) is 2. The molecule has 0 amide bonds. The zero-order chi connectivity index (χ0) is 15.4. The average Bonchev–Trinajstić information content (AvgIpc) is 2.62. The van der Waals surface area contributed by atoms with Gasteiger partial charge < -0.3 is 9.64 Å². The minimum atomic E-state index is -0.333. The van der Waals surface area contributed by atoms with Crippen LogP contribution in [0.5, 0.6) is 0 Å². The number of hydrogen-bond donors (Lipinski definition) is 0. The number of benzene rings is 1. The van der Waals surface area contributed by atoms with Gasteiger partial charge in [0.1, 0.15) is 11.4 Å². The Labute approximate surface area is 130 Å². The highest BCUT2D eigenvalue weighted by Crippen LogP contribution is 2.35. The topological polar surface area (TPSA) is 42.4 Å². The smallest absolute Gasteiger partial charge is 0.341 e. The minimum Gasteiger partial charge on any atom is -0.465 e. The zero-order valence-corrected chi connectivity index (χ0v) is 12.7. The Hall–Kier alpha value is -2.36. The minimum absolute atomic E-state index is 0.258. The van der Waals surface area contributed by atoms with Crippen LogP contribution >= 0.6 is 0 Å². The maximum absolute atomic E-state index is 12.0. The number of hydrogen-bond acceptors (Lipinski definition) is 4. The molecule has 1 aromatic heterocycles. The third kappa shape index (κ3) is 2.82. The number of rotatable bonds is 3. The molecule has 1 fully saturated rings. The molecule has 1 aromatic carbocycles. The van der Waals surface area contributed by atoms with E-state index in [0.717, 1.165) is 25.2 Å². The molecule has 2 aromatic rings. The summed E-state index contributed by atoms with van der Waals surface area (Å²) in [5.41, 5.74) is 1.80. The molecule has 0 spiro atoms. The van der Waals surface area contributed by atoms with E-state index in [-0.39, 0.29) is 12.0 Å². The lowest BCUT2D eigenvalue weighted by atomic mass is 9.95. The van der Waals surface area contributed by atoms with Gasteiger partial charge in [0.15, 0.2) is 0 Å². The number of esters is 1. The van der Waals surface area contributed by atoms with Crippen molar-refractivity contribution in [2.45, 2.75) is 25.3 Å². The zero-order valence-electron chi connectivity index (χ0n) is 12.7. The highest BCUT2D eigenvalue weighted by molar-refractivity contribution is 5.94. The molecular weight excluding hydrogens is 276 g/mol. The van der Waals surface area contributed by atoms with Crippen LogP contribution in [0.2, 0.25) is 0 Å². The van der Waals surface area contributed by atoms with Gasteiger partial charge in [-0.05, 0) is 37.0 Å². The highest BCUT2D eigenvalue weighted by atomic mass is 16.5. The van der Waals surface area contributed by atoms with Crippen LogP contribution in [-0.4, -0.2) is 24.6 Å². The van der Waals surface area contributed by atoms with E-state index >= 15 is 0 Å². The van der Waals surface area contributed by atoms with E-state index in [1.54, 1.807) is 18.3 Å². The van der Waals surface area contributed by atoms with Crippen molar-refractivity contribution < 1.29 is 9.53 Å². The van der Waals surface area contributed by atoms with E-state index in [9.17, 15) is 4.79 Å². The number of piperidine rings is 1. The molecule has 1 atom stereocenters. The summed E-state index contributed by atoms with van der Waals surface area (Å²) >= 11 is 0. The monoisotopic (exact) mass is 296 g/mol. The van der Waals surface area contributed by atoms with Crippen molar-refractivity contribution >= 4 is 11.8 Å². The van der Waals surface area contributed by atoms with Crippen molar-refractivity contribution in [2.75, 3.05) is 18.6 Å². The summed E-state index contributed by atoms with van der Waals surface area (Å²) in [6.45, 7) is 0.903. The predicted molar refractivity (Wildman–Crippen MR) is 86.0 cm³/mol. The molecule has 0 N–H and O–H groups in total. The summed E-state index contributed by atoms with van der Waals surface area (Å²) in [5.74, 6) is 0.392. The molecule has 1 unspecified atom stereocenters. The molecular formula is C18H20N2O2. The molecule has 4 heteroatoms. The number of aromatic nitrogens is 1. The first-order valence-corrected chi connectivity index (χ1v) is 7.66. The van der Waals surface area contributed by atoms with Gasteiger partial charge in [-0.15, -0.1) is 0 Å². The van der Waals surface area contributed by atoms with Crippen LogP contribution in [-0.2, 0) is 4.74 Å². The third-order valence-corrected chi connectivity index (χ3v) is 4.15. The largest absolute Gasteiger partial charge is 0.465 e. The summed E-state index contributed by atoms with van der Waals surface area (Å²) in [7, 11) is 1.41. The number of carbonyl (C=O) groups excluding carboxylic acids is 1. The van der Waals surface area contributed by atoms with Gasteiger partial charge in [-0.3, -0.25) is 0 Å². The summed E-state index contributed by atoms with van der Waals surface area (Å²) in [6.07, 6.45) is 5.11. The van der Waals surface area contributed by atoms with Crippen LogP contribution in [0, 0.1) is 0 Å². The maximum atomic E-state index is 12.0. The van der Waals surface area contributed by atoms with Crippen molar-refractivity contribution in [3.63, 3.8) is 0 Å². The number of ether oxygens (including phenoxy) is 1. The molecule has 3 rings (SSSR count). The molecule has 0 bridgehead atoms. The van der Waals surface area contributed by atoms with Crippen molar-refractivity contribution in [1.29, 1.82) is 0 Å². The summed E-state index contributed by atoms with van der Waals surface area (Å²) in [5, 5.41) is 0. The predicted octanol–water partition coefficient (Wildman–Crippen LogP) is 3.60. The molecule has 1 aliphatic heterocycles. The quantitative estimate of drug-likeness (QED) is 0.812. The molecule has 4 nitrogen and oxygen atoms in total. The van der Waals surface area contributed by atoms with E-state index in [1.807, 2.05) is 6.07 Å². The van der Waals surface area contributed by atoms with Crippen molar-refractivity contribution in [3.05, 3.63) is 59.8 Å². The van der Waals surface area contributed by atoms with Gasteiger partial charge in [-0.25, -0.2) is 9.78 Å². The fourth-order valence-electron chi connectivity index (χ4n) is 3.10. The maximum Gasteiger partial charge on any atom is 0.341 e. The second kappa shape index (κ2) is 6.60. The van der Waals surface area contributed by atoms with E-state index in [2.05, 4.69) is 34.1 Å². The summed E-state index contributed by atoms with van der Waals surface area (Å²) in [6, 6.07) is 14.2. The fraction of sp³-hybridized carbons (Fsp3) is 0.333. The van der Waals surface area contributed by atoms with Gasteiger partial charge in [0.2, 0.25) is 0 Å². The lowest BCUT2D eigenvalue weighted by molar-refractivity contribution is 0.0601. The molecule has 114 valence electrons. The summed E-state index contributed by atoms with van der Waals surface area (Å²) < 4.78 is 4.90. The van der Waals surface area contributed by atoms with Crippen molar-refractivity contribution in [3.8, 4) is 0 Å².